The summed E-state index contributed by atoms with van der Waals surface area (Å²) in [6.45, 7) is 2.63. The van der Waals surface area contributed by atoms with E-state index in [1.807, 2.05) is 24.1 Å². The highest BCUT2D eigenvalue weighted by Gasteiger charge is 2.28. The van der Waals surface area contributed by atoms with Gasteiger partial charge in [-0.3, -0.25) is 4.90 Å². The Kier molecular flexibility index (Phi) is 3.27. The fourth-order valence-electron chi connectivity index (χ4n) is 3.17. The minimum absolute atomic E-state index is 0.352. The van der Waals surface area contributed by atoms with Gasteiger partial charge in [-0.1, -0.05) is 30.3 Å². The zero-order valence-corrected chi connectivity index (χ0v) is 12.6. The molecule has 0 fully saturated rings. The van der Waals surface area contributed by atoms with Gasteiger partial charge in [-0.2, -0.15) is 0 Å². The summed E-state index contributed by atoms with van der Waals surface area (Å²) in [5, 5.41) is 0. The second-order valence-corrected chi connectivity index (χ2v) is 5.86. The van der Waals surface area contributed by atoms with Crippen molar-refractivity contribution in [2.45, 2.75) is 25.7 Å². The molecular formula is C17H19N5. The first kappa shape index (κ1) is 13.3. The lowest BCUT2D eigenvalue weighted by atomic mass is 10.0. The van der Waals surface area contributed by atoms with Crippen molar-refractivity contribution in [1.82, 2.24) is 24.0 Å². The van der Waals surface area contributed by atoms with Crippen molar-refractivity contribution in [2.24, 2.45) is 7.05 Å². The van der Waals surface area contributed by atoms with E-state index in [4.69, 9.17) is 0 Å². The highest BCUT2D eigenvalue weighted by molar-refractivity contribution is 5.21. The normalized spacial score (nSPS) is 18.3. The van der Waals surface area contributed by atoms with E-state index in [0.29, 0.717) is 6.04 Å². The summed E-state index contributed by atoms with van der Waals surface area (Å²) in [4.78, 5) is 11.4. The van der Waals surface area contributed by atoms with E-state index in [2.05, 4.69) is 62.2 Å². The second-order valence-electron chi connectivity index (χ2n) is 5.86. The standard InChI is InChI=1S/C17H19N5/c1-20-9-15(19-13-20)10-22-12-17-18-7-8-21(17)11-16(22)14-5-3-2-4-6-14/h2-9,13,16H,10-12H2,1H3/t16-/m1/s1. The molecule has 0 bridgehead atoms. The Morgan fingerprint density at radius 2 is 2.05 bits per heavy atom. The van der Waals surface area contributed by atoms with Gasteiger partial charge in [0, 0.05) is 38.7 Å². The molecule has 0 aliphatic carbocycles. The van der Waals surface area contributed by atoms with E-state index in [9.17, 15) is 0 Å². The van der Waals surface area contributed by atoms with Crippen LogP contribution in [0.3, 0.4) is 0 Å². The molecule has 4 rings (SSSR count). The van der Waals surface area contributed by atoms with E-state index < -0.39 is 0 Å². The molecule has 1 aliphatic heterocycles. The molecule has 1 aliphatic rings. The molecule has 5 nitrogen and oxygen atoms in total. The fraction of sp³-hybridized carbons (Fsp3) is 0.294. The van der Waals surface area contributed by atoms with E-state index in [1.54, 1.807) is 0 Å². The van der Waals surface area contributed by atoms with Crippen LogP contribution >= 0.6 is 0 Å². The molecule has 1 atom stereocenters. The first-order chi connectivity index (χ1) is 10.8. The van der Waals surface area contributed by atoms with Gasteiger partial charge in [-0.15, -0.1) is 0 Å². The quantitative estimate of drug-likeness (QED) is 0.744. The number of aryl methyl sites for hydroxylation is 1. The lowest BCUT2D eigenvalue weighted by Gasteiger charge is -2.36. The van der Waals surface area contributed by atoms with Gasteiger partial charge in [0.15, 0.2) is 0 Å². The van der Waals surface area contributed by atoms with Crippen LogP contribution in [0.4, 0.5) is 0 Å². The molecule has 0 saturated carbocycles. The van der Waals surface area contributed by atoms with Crippen LogP contribution in [0.2, 0.25) is 0 Å². The van der Waals surface area contributed by atoms with Crippen molar-refractivity contribution in [2.75, 3.05) is 0 Å². The maximum absolute atomic E-state index is 4.48. The minimum Gasteiger partial charge on any atom is -0.340 e. The van der Waals surface area contributed by atoms with Gasteiger partial charge in [-0.25, -0.2) is 9.97 Å². The maximum atomic E-state index is 4.48. The smallest absolute Gasteiger partial charge is 0.122 e. The Morgan fingerprint density at radius 3 is 2.82 bits per heavy atom. The van der Waals surface area contributed by atoms with Crippen molar-refractivity contribution in [3.05, 3.63) is 72.3 Å². The molecule has 112 valence electrons. The third-order valence-corrected chi connectivity index (χ3v) is 4.26. The lowest BCUT2D eigenvalue weighted by molar-refractivity contribution is 0.127. The number of hydrogen-bond donors (Lipinski definition) is 0. The maximum Gasteiger partial charge on any atom is 0.122 e. The molecule has 2 aromatic heterocycles. The molecule has 0 saturated heterocycles. The van der Waals surface area contributed by atoms with E-state index >= 15 is 0 Å². The predicted molar refractivity (Wildman–Crippen MR) is 83.9 cm³/mol. The van der Waals surface area contributed by atoms with E-state index in [-0.39, 0.29) is 0 Å². The molecule has 0 unspecified atom stereocenters. The average molecular weight is 293 g/mol. The van der Waals surface area contributed by atoms with E-state index in [0.717, 1.165) is 31.2 Å². The predicted octanol–water partition coefficient (Wildman–Crippen LogP) is 2.37. The Labute approximate surface area is 129 Å². The molecule has 0 radical (unpaired) electrons. The fourth-order valence-corrected chi connectivity index (χ4v) is 3.17. The molecule has 0 amide bonds. The summed E-state index contributed by atoms with van der Waals surface area (Å²) >= 11 is 0. The highest BCUT2D eigenvalue weighted by Crippen LogP contribution is 2.30. The summed E-state index contributed by atoms with van der Waals surface area (Å²) in [5.41, 5.74) is 2.45. The summed E-state index contributed by atoms with van der Waals surface area (Å²) in [6, 6.07) is 11.0. The summed E-state index contributed by atoms with van der Waals surface area (Å²) in [5.74, 6) is 1.13. The Morgan fingerprint density at radius 1 is 1.18 bits per heavy atom. The van der Waals surface area contributed by atoms with Crippen LogP contribution in [0.25, 0.3) is 0 Å². The SMILES string of the molecule is Cn1cnc(CN2Cc3nccn3C[C@@H]2c2ccccc2)c1. The number of aromatic nitrogens is 4. The van der Waals surface area contributed by atoms with Crippen LogP contribution in [0.15, 0.2) is 55.2 Å². The first-order valence-corrected chi connectivity index (χ1v) is 7.55. The van der Waals surface area contributed by atoms with Gasteiger partial charge in [0.1, 0.15) is 5.82 Å². The Hall–Kier alpha value is -2.40. The van der Waals surface area contributed by atoms with Gasteiger partial charge >= 0.3 is 0 Å². The van der Waals surface area contributed by atoms with Crippen LogP contribution in [0.1, 0.15) is 23.1 Å². The van der Waals surface area contributed by atoms with Crippen molar-refractivity contribution in [3.63, 3.8) is 0 Å². The number of hydrogen-bond acceptors (Lipinski definition) is 3. The largest absolute Gasteiger partial charge is 0.340 e. The molecule has 0 N–H and O–H groups in total. The average Bonchev–Trinajstić information content (AvgIpc) is 3.16. The minimum atomic E-state index is 0.352. The Balaban J connectivity index is 1.66. The van der Waals surface area contributed by atoms with Crippen LogP contribution in [-0.4, -0.2) is 24.0 Å². The van der Waals surface area contributed by atoms with Gasteiger partial charge < -0.3 is 9.13 Å². The number of rotatable bonds is 3. The zero-order chi connectivity index (χ0) is 14.9. The van der Waals surface area contributed by atoms with Crippen molar-refractivity contribution in [3.8, 4) is 0 Å². The zero-order valence-electron chi connectivity index (χ0n) is 12.6. The molecule has 0 spiro atoms. The molecule has 5 heteroatoms. The molecule has 1 aromatic carbocycles. The topological polar surface area (TPSA) is 38.9 Å². The van der Waals surface area contributed by atoms with Crippen molar-refractivity contribution < 1.29 is 0 Å². The summed E-state index contributed by atoms with van der Waals surface area (Å²) in [6.07, 6.45) is 7.91. The second kappa shape index (κ2) is 5.42. The molecular weight excluding hydrogens is 274 g/mol. The monoisotopic (exact) mass is 293 g/mol. The van der Waals surface area contributed by atoms with Crippen molar-refractivity contribution in [1.29, 1.82) is 0 Å². The van der Waals surface area contributed by atoms with Gasteiger partial charge in [0.05, 0.1) is 24.6 Å². The van der Waals surface area contributed by atoms with E-state index in [1.165, 1.54) is 5.56 Å². The number of benzene rings is 1. The molecule has 3 aromatic rings. The lowest BCUT2D eigenvalue weighted by Crippen LogP contribution is -2.36. The first-order valence-electron chi connectivity index (χ1n) is 7.55. The van der Waals surface area contributed by atoms with Crippen LogP contribution in [0.5, 0.6) is 0 Å². The van der Waals surface area contributed by atoms with Gasteiger partial charge in [0.25, 0.3) is 0 Å². The number of fused-ring (bicyclic) bond motifs is 1. The molecule has 3 heterocycles. The number of imidazole rings is 2. The number of nitrogens with zero attached hydrogens (tertiary/aromatic N) is 5. The van der Waals surface area contributed by atoms with Gasteiger partial charge in [-0.05, 0) is 5.56 Å². The van der Waals surface area contributed by atoms with Crippen LogP contribution in [-0.2, 0) is 26.7 Å². The summed E-state index contributed by atoms with van der Waals surface area (Å²) in [7, 11) is 2.01. The third-order valence-electron chi connectivity index (χ3n) is 4.26. The highest BCUT2D eigenvalue weighted by atomic mass is 15.3. The van der Waals surface area contributed by atoms with Crippen LogP contribution in [0, 0.1) is 0 Å². The third kappa shape index (κ3) is 2.44. The van der Waals surface area contributed by atoms with Crippen LogP contribution < -0.4 is 0 Å². The molecule has 22 heavy (non-hydrogen) atoms. The Bertz CT molecular complexity index is 758. The summed E-state index contributed by atoms with van der Waals surface area (Å²) < 4.78 is 4.25. The van der Waals surface area contributed by atoms with Gasteiger partial charge in [0.2, 0.25) is 0 Å². The van der Waals surface area contributed by atoms with Crippen molar-refractivity contribution >= 4 is 0 Å².